The van der Waals surface area contributed by atoms with Gasteiger partial charge in [-0.25, -0.2) is 0 Å². The minimum Gasteiger partial charge on any atom is -1.00 e. The van der Waals surface area contributed by atoms with Crippen LogP contribution in [0, 0.1) is 0 Å². The van der Waals surface area contributed by atoms with Crippen molar-refractivity contribution in [3.63, 3.8) is 0 Å². The van der Waals surface area contributed by atoms with E-state index in [-0.39, 0.29) is 24.0 Å². The van der Waals surface area contributed by atoms with E-state index in [1.54, 1.807) is 18.4 Å². The van der Waals surface area contributed by atoms with Crippen LogP contribution in [0.25, 0.3) is 23.4 Å². The molecular weight excluding hydrogens is 479 g/mol. The first-order valence-corrected chi connectivity index (χ1v) is 10.2. The third-order valence-electron chi connectivity index (χ3n) is 4.81. The molecule has 0 bridgehead atoms. The number of ether oxygens (including phenoxy) is 1. The molecule has 1 aromatic heterocycles. The molecule has 0 fully saturated rings. The molecule has 0 saturated heterocycles. The van der Waals surface area contributed by atoms with Crippen LogP contribution < -0.4 is 38.2 Å². The van der Waals surface area contributed by atoms with E-state index in [2.05, 4.69) is 84.3 Å². The predicted molar refractivity (Wildman–Crippen MR) is 116 cm³/mol. The molecule has 3 rings (SSSR count). The minimum atomic E-state index is 0. The molecular formula is C23H27IN2OS. The number of anilines is 1. The van der Waals surface area contributed by atoms with E-state index in [4.69, 9.17) is 4.74 Å². The molecule has 0 radical (unpaired) electrons. The molecule has 0 aliphatic rings. The highest BCUT2D eigenvalue weighted by atomic mass is 127. The van der Waals surface area contributed by atoms with Crippen LogP contribution in [0.1, 0.15) is 24.4 Å². The van der Waals surface area contributed by atoms with Crippen LogP contribution in [0.4, 0.5) is 5.69 Å². The van der Waals surface area contributed by atoms with Crippen LogP contribution in [0.3, 0.4) is 0 Å². The first-order chi connectivity index (χ1) is 13.2. The molecule has 3 nitrogen and oxygen atoms in total. The fourth-order valence-electron chi connectivity index (χ4n) is 3.12. The smallest absolute Gasteiger partial charge is 0.261 e. The number of hydrogen-bond acceptors (Lipinski definition) is 3. The lowest BCUT2D eigenvalue weighted by Crippen LogP contribution is -3.00. The first-order valence-electron chi connectivity index (χ1n) is 9.31. The van der Waals surface area contributed by atoms with Gasteiger partial charge in [0.1, 0.15) is 12.8 Å². The lowest BCUT2D eigenvalue weighted by Gasteiger charge is -2.20. The van der Waals surface area contributed by atoms with Crippen molar-refractivity contribution in [3.8, 4) is 17.0 Å². The van der Waals surface area contributed by atoms with E-state index in [1.165, 1.54) is 27.5 Å². The van der Waals surface area contributed by atoms with E-state index in [1.807, 2.05) is 12.1 Å². The topological polar surface area (TPSA) is 16.4 Å². The normalized spacial score (nSPS) is 10.7. The van der Waals surface area contributed by atoms with Gasteiger partial charge in [-0.15, -0.1) is 0 Å². The molecule has 148 valence electrons. The minimum absolute atomic E-state index is 0. The maximum atomic E-state index is 5.25. The van der Waals surface area contributed by atoms with Crippen molar-refractivity contribution >= 4 is 29.2 Å². The molecule has 0 spiro atoms. The number of hydrogen-bond donors (Lipinski definition) is 0. The summed E-state index contributed by atoms with van der Waals surface area (Å²) in [5.74, 6) is 0.880. The third-order valence-corrected chi connectivity index (χ3v) is 5.80. The Morgan fingerprint density at radius 3 is 2.18 bits per heavy atom. The van der Waals surface area contributed by atoms with Gasteiger partial charge < -0.3 is 33.6 Å². The molecule has 0 aliphatic heterocycles. The largest absolute Gasteiger partial charge is 1.00 e. The molecule has 0 amide bonds. The second-order valence-corrected chi connectivity index (χ2v) is 7.23. The van der Waals surface area contributed by atoms with Gasteiger partial charge in [-0.1, -0.05) is 23.5 Å². The molecule has 0 unspecified atom stereocenters. The standard InChI is InChI=1S/C23H27N2OS.HI/c1-5-25(6-2)20-12-7-18(8-13-20)9-16-23-24(3)22(17-27-23)19-10-14-21(26-4)15-11-19;/h7-17H,5-6H2,1-4H3;1H/q+1;/p-1. The average Bonchev–Trinajstić information content (AvgIpc) is 3.09. The number of methoxy groups -OCH3 is 1. The Hall–Kier alpha value is -1.86. The van der Waals surface area contributed by atoms with Gasteiger partial charge in [-0.2, -0.15) is 4.57 Å². The Balaban J connectivity index is 0.00000280. The van der Waals surface area contributed by atoms with Crippen LogP contribution >= 0.6 is 11.3 Å². The molecule has 3 aromatic rings. The summed E-state index contributed by atoms with van der Waals surface area (Å²) in [6, 6.07) is 17.0. The van der Waals surface area contributed by atoms with Crippen LogP contribution in [0.2, 0.25) is 0 Å². The van der Waals surface area contributed by atoms with Gasteiger partial charge >= 0.3 is 0 Å². The lowest BCUT2D eigenvalue weighted by atomic mass is 10.1. The summed E-state index contributed by atoms with van der Waals surface area (Å²) in [4.78, 5) is 2.36. The van der Waals surface area contributed by atoms with Gasteiger partial charge in [0.25, 0.3) is 5.01 Å². The average molecular weight is 506 g/mol. The zero-order valence-electron chi connectivity index (χ0n) is 16.9. The maximum absolute atomic E-state index is 5.25. The van der Waals surface area contributed by atoms with Gasteiger partial charge in [0.05, 0.1) is 12.5 Å². The SMILES string of the molecule is CCN(CC)c1ccc(/C=C/c2scc(-c3ccc(OC)cc3)[n+]2C)cc1.[I-]. The lowest BCUT2D eigenvalue weighted by molar-refractivity contribution is -0.657. The Kier molecular flexibility index (Phi) is 8.51. The van der Waals surface area contributed by atoms with Crippen molar-refractivity contribution in [1.29, 1.82) is 0 Å². The highest BCUT2D eigenvalue weighted by molar-refractivity contribution is 7.10. The summed E-state index contributed by atoms with van der Waals surface area (Å²) >= 11 is 1.75. The van der Waals surface area contributed by atoms with Crippen molar-refractivity contribution < 1.29 is 33.3 Å². The van der Waals surface area contributed by atoms with Crippen molar-refractivity contribution in [3.05, 3.63) is 64.5 Å². The van der Waals surface area contributed by atoms with Crippen LogP contribution in [-0.4, -0.2) is 20.2 Å². The van der Waals surface area contributed by atoms with Gasteiger partial charge in [-0.05, 0) is 61.9 Å². The van der Waals surface area contributed by atoms with Gasteiger partial charge in [-0.3, -0.25) is 0 Å². The quantitative estimate of drug-likeness (QED) is 0.361. The van der Waals surface area contributed by atoms with Gasteiger partial charge in [0.15, 0.2) is 0 Å². The van der Waals surface area contributed by atoms with E-state index in [9.17, 15) is 0 Å². The van der Waals surface area contributed by atoms with Crippen LogP contribution in [0.5, 0.6) is 5.75 Å². The number of thiazole rings is 1. The second-order valence-electron chi connectivity index (χ2n) is 6.34. The van der Waals surface area contributed by atoms with E-state index in [0.717, 1.165) is 18.8 Å². The highest BCUT2D eigenvalue weighted by Crippen LogP contribution is 2.23. The Morgan fingerprint density at radius 2 is 1.61 bits per heavy atom. The van der Waals surface area contributed by atoms with E-state index < -0.39 is 0 Å². The Labute approximate surface area is 189 Å². The molecule has 0 aliphatic carbocycles. The van der Waals surface area contributed by atoms with E-state index in [0.29, 0.717) is 0 Å². The van der Waals surface area contributed by atoms with Crippen molar-refractivity contribution in [2.45, 2.75) is 13.8 Å². The molecule has 2 aromatic carbocycles. The summed E-state index contributed by atoms with van der Waals surface area (Å²) in [6.07, 6.45) is 4.36. The van der Waals surface area contributed by atoms with Crippen molar-refractivity contribution in [2.75, 3.05) is 25.1 Å². The maximum Gasteiger partial charge on any atom is 0.261 e. The molecule has 1 heterocycles. The fourth-order valence-corrected chi connectivity index (χ4v) is 4.05. The molecule has 0 atom stereocenters. The predicted octanol–water partition coefficient (Wildman–Crippen LogP) is 2.27. The third kappa shape index (κ3) is 5.14. The number of halogens is 1. The van der Waals surface area contributed by atoms with E-state index >= 15 is 0 Å². The molecule has 28 heavy (non-hydrogen) atoms. The monoisotopic (exact) mass is 506 g/mol. The Bertz CT molecular complexity index is 897. The molecule has 0 N–H and O–H groups in total. The second kappa shape index (κ2) is 10.6. The van der Waals surface area contributed by atoms with Crippen LogP contribution in [0.15, 0.2) is 53.9 Å². The van der Waals surface area contributed by atoms with Gasteiger partial charge in [0, 0.05) is 30.4 Å². The number of aromatic nitrogens is 1. The van der Waals surface area contributed by atoms with Gasteiger partial charge in [0.2, 0.25) is 5.69 Å². The number of benzene rings is 2. The Morgan fingerprint density at radius 1 is 0.964 bits per heavy atom. The number of rotatable bonds is 7. The van der Waals surface area contributed by atoms with Crippen LogP contribution in [-0.2, 0) is 7.05 Å². The van der Waals surface area contributed by atoms with Crippen molar-refractivity contribution in [1.82, 2.24) is 0 Å². The molecule has 5 heteroatoms. The summed E-state index contributed by atoms with van der Waals surface area (Å²) in [7, 11) is 3.80. The summed E-state index contributed by atoms with van der Waals surface area (Å²) in [5.41, 5.74) is 4.89. The first kappa shape index (κ1) is 22.4. The summed E-state index contributed by atoms with van der Waals surface area (Å²) in [5, 5.41) is 3.42. The summed E-state index contributed by atoms with van der Waals surface area (Å²) < 4.78 is 7.48. The van der Waals surface area contributed by atoms with Crippen molar-refractivity contribution in [2.24, 2.45) is 7.05 Å². The fraction of sp³-hybridized carbons (Fsp3) is 0.261. The highest BCUT2D eigenvalue weighted by Gasteiger charge is 2.16. The summed E-state index contributed by atoms with van der Waals surface area (Å²) in [6.45, 7) is 6.44. The molecule has 0 saturated carbocycles. The zero-order valence-corrected chi connectivity index (χ0v) is 19.8. The zero-order chi connectivity index (χ0) is 19.2. The number of nitrogens with zero attached hydrogens (tertiary/aromatic N) is 2.